The van der Waals surface area contributed by atoms with Crippen molar-refractivity contribution in [2.24, 2.45) is 17.8 Å². The van der Waals surface area contributed by atoms with E-state index in [0.29, 0.717) is 29.4 Å². The van der Waals surface area contributed by atoms with Gasteiger partial charge in [-0.15, -0.1) is 0 Å². The lowest BCUT2D eigenvalue weighted by molar-refractivity contribution is -0.206. The van der Waals surface area contributed by atoms with Gasteiger partial charge in [0.25, 0.3) is 0 Å². The van der Waals surface area contributed by atoms with Gasteiger partial charge in [-0.2, -0.15) is 13.2 Å². The average Bonchev–Trinajstić information content (AvgIpc) is 1.51. The van der Waals surface area contributed by atoms with Crippen LogP contribution in [-0.2, 0) is 16.2 Å². The summed E-state index contributed by atoms with van der Waals surface area (Å²) in [6, 6.07) is 101. The highest BCUT2D eigenvalue weighted by atomic mass is 19.4. The number of rotatable bonds is 19. The van der Waals surface area contributed by atoms with Gasteiger partial charge in [-0.05, 0) is 229 Å². The number of hydrogen-bond donors (Lipinski definition) is 0. The Morgan fingerprint density at radius 1 is 0.412 bits per heavy atom. The molecule has 0 aliphatic heterocycles. The maximum atomic E-state index is 18.8. The summed E-state index contributed by atoms with van der Waals surface area (Å²) in [6.07, 6.45) is 8.35. The van der Waals surface area contributed by atoms with E-state index in [4.69, 9.17) is 0 Å². The van der Waals surface area contributed by atoms with E-state index in [9.17, 15) is 0 Å². The molecular weight excluding hydrogens is 1250 g/mol. The van der Waals surface area contributed by atoms with Crippen LogP contribution in [0.5, 0.6) is 0 Å². The van der Waals surface area contributed by atoms with Gasteiger partial charge in [-0.25, -0.2) is 0 Å². The summed E-state index contributed by atoms with van der Waals surface area (Å²) in [6.45, 7) is 11.5. The summed E-state index contributed by atoms with van der Waals surface area (Å²) in [5.41, 5.74) is 20.2. The predicted octanol–water partition coefficient (Wildman–Crippen LogP) is 26.9. The SMILES string of the molecule is CCC1(CC2(C(F)(F)F)c3cc(-c4cc(-c5ccccc5)cc(-c5ccccc5)c4)ccc3C3C=C(N(c4ccccc4)c4ccccc4)C=CC32)c2ccc(-n3c4ccccc4c4ccccc43)cc2-c2ccc(-c3ccc4c(c3)-c3ccccc3C4(CCCC(C)C)CCCC(C)C)cc21. The molecule has 5 heteroatoms. The summed E-state index contributed by atoms with van der Waals surface area (Å²) >= 11 is 0. The lowest BCUT2D eigenvalue weighted by atomic mass is 9.58. The number of aromatic nitrogens is 1. The molecule has 0 radical (unpaired) electrons. The van der Waals surface area contributed by atoms with Crippen molar-refractivity contribution < 1.29 is 13.2 Å². The number of alkyl halides is 3. The summed E-state index contributed by atoms with van der Waals surface area (Å²) < 4.78 is 58.9. The number of allylic oxidation sites excluding steroid dienone is 3. The molecule has 0 spiro atoms. The van der Waals surface area contributed by atoms with Crippen LogP contribution < -0.4 is 4.90 Å². The molecule has 0 saturated carbocycles. The van der Waals surface area contributed by atoms with E-state index in [2.05, 4.69) is 256 Å². The van der Waals surface area contributed by atoms with E-state index in [-0.39, 0.29) is 11.8 Å². The minimum atomic E-state index is -4.76. The smallest absolute Gasteiger partial charge is 0.311 e. The molecule has 1 aromatic heterocycles. The van der Waals surface area contributed by atoms with Crippen molar-refractivity contribution in [2.75, 3.05) is 4.90 Å². The van der Waals surface area contributed by atoms with Gasteiger partial charge in [0.15, 0.2) is 0 Å². The zero-order valence-corrected chi connectivity index (χ0v) is 58.9. The average molecular weight is 1340 g/mol. The first-order valence-electron chi connectivity index (χ1n) is 37.1. The Bertz CT molecular complexity index is 5220. The normalized spacial score (nSPS) is 18.3. The predicted molar refractivity (Wildman–Crippen MR) is 420 cm³/mol. The van der Waals surface area contributed by atoms with E-state index < -0.39 is 28.8 Å². The topological polar surface area (TPSA) is 8.17 Å². The van der Waals surface area contributed by atoms with Crippen LogP contribution in [0.25, 0.3) is 94.3 Å². The van der Waals surface area contributed by atoms with Crippen molar-refractivity contribution in [3.63, 3.8) is 0 Å². The molecular formula is C97H85F3N2. The molecule has 4 aliphatic carbocycles. The Morgan fingerprint density at radius 3 is 1.48 bits per heavy atom. The molecule has 17 rings (SSSR count). The van der Waals surface area contributed by atoms with E-state index in [1.807, 2.05) is 91.0 Å². The van der Waals surface area contributed by atoms with Crippen LogP contribution in [0.15, 0.2) is 309 Å². The standard InChI is InChI=1S/C97H85F3N2/c1-6-94(63-96(97(98,99)100)89-52-47-76(101(74-33-15-9-16-34-74)75-35-17-10-18-36-75)61-85(89)80-49-44-70(60-91(80)96)73-56-71(66-29-11-7-12-30-66)55-72(57-73)67-31-13-8-14-32-67)87-51-46-77(102-92-41-23-20-38-81(92)82-39-21-24-42-93(82)102)62-84(87)79-48-43-69(59-90(79)94)68-45-50-88-83(58-68)78-37-19-22-40-86(78)95(88,53-25-27-64(2)3)54-26-28-65(4)5/h7-24,29-52,55-62,64-65,85,89H,6,25-28,53-54,63H2,1-5H3. The van der Waals surface area contributed by atoms with Crippen molar-refractivity contribution in [2.45, 2.75) is 114 Å². The van der Waals surface area contributed by atoms with Gasteiger partial charge in [0.2, 0.25) is 0 Å². The molecule has 0 saturated heterocycles. The number of anilines is 2. The Kier molecular flexibility index (Phi) is 16.4. The van der Waals surface area contributed by atoms with E-state index in [1.54, 1.807) is 0 Å². The Labute approximate surface area is 599 Å². The Morgan fingerprint density at radius 2 is 0.882 bits per heavy atom. The van der Waals surface area contributed by atoms with Gasteiger partial charge in [-0.1, -0.05) is 273 Å². The van der Waals surface area contributed by atoms with Crippen molar-refractivity contribution in [1.29, 1.82) is 0 Å². The zero-order valence-electron chi connectivity index (χ0n) is 58.9. The zero-order chi connectivity index (χ0) is 69.5. The first kappa shape index (κ1) is 64.9. The number of hydrogen-bond acceptors (Lipinski definition) is 1. The molecule has 0 bridgehead atoms. The van der Waals surface area contributed by atoms with Gasteiger partial charge in [0.1, 0.15) is 0 Å². The Balaban J connectivity index is 0.888. The highest BCUT2D eigenvalue weighted by molar-refractivity contribution is 6.09. The Hall–Kier alpha value is -10.5. The largest absolute Gasteiger partial charge is 0.399 e. The van der Waals surface area contributed by atoms with Crippen LogP contribution in [0.3, 0.4) is 0 Å². The van der Waals surface area contributed by atoms with E-state index in [1.165, 1.54) is 35.1 Å². The number of fused-ring (bicyclic) bond motifs is 12. The quantitative estimate of drug-likeness (QED) is 0.0783. The van der Waals surface area contributed by atoms with E-state index in [0.717, 1.165) is 137 Å². The van der Waals surface area contributed by atoms with Crippen molar-refractivity contribution >= 4 is 33.2 Å². The van der Waals surface area contributed by atoms with Gasteiger partial charge < -0.3 is 9.47 Å². The monoisotopic (exact) mass is 1330 g/mol. The number of benzene rings is 12. The van der Waals surface area contributed by atoms with Gasteiger partial charge in [0.05, 0.1) is 16.4 Å². The number of para-hydroxylation sites is 4. The second-order valence-corrected chi connectivity index (χ2v) is 30.2. The summed E-state index contributed by atoms with van der Waals surface area (Å²) in [5, 5.41) is 2.30. The summed E-state index contributed by atoms with van der Waals surface area (Å²) in [4.78, 5) is 2.19. The first-order chi connectivity index (χ1) is 49.7. The van der Waals surface area contributed by atoms with Crippen LogP contribution in [0.1, 0.15) is 125 Å². The third-order valence-electron chi connectivity index (χ3n) is 23.7. The minimum Gasteiger partial charge on any atom is -0.311 e. The van der Waals surface area contributed by atoms with Gasteiger partial charge in [-0.3, -0.25) is 0 Å². The molecule has 1 heterocycles. The maximum absolute atomic E-state index is 18.8. The fourth-order valence-corrected chi connectivity index (χ4v) is 18.9. The van der Waals surface area contributed by atoms with Crippen molar-refractivity contribution in [1.82, 2.24) is 4.57 Å². The number of halogens is 3. The fourth-order valence-electron chi connectivity index (χ4n) is 18.9. The lowest BCUT2D eigenvalue weighted by Gasteiger charge is -2.46. The van der Waals surface area contributed by atoms with Crippen LogP contribution in [0.2, 0.25) is 0 Å². The molecule has 0 fully saturated rings. The second-order valence-electron chi connectivity index (χ2n) is 30.2. The highest BCUT2D eigenvalue weighted by Gasteiger charge is 2.68. The highest BCUT2D eigenvalue weighted by Crippen LogP contribution is 2.68. The molecule has 13 aromatic rings. The van der Waals surface area contributed by atoms with Crippen LogP contribution in [-0.4, -0.2) is 10.7 Å². The molecule has 504 valence electrons. The summed E-state index contributed by atoms with van der Waals surface area (Å²) in [7, 11) is 0. The van der Waals surface area contributed by atoms with Gasteiger partial charge >= 0.3 is 6.18 Å². The molecule has 102 heavy (non-hydrogen) atoms. The third-order valence-corrected chi connectivity index (χ3v) is 23.7. The molecule has 12 aromatic carbocycles. The van der Waals surface area contributed by atoms with Crippen LogP contribution >= 0.6 is 0 Å². The molecule has 0 amide bonds. The van der Waals surface area contributed by atoms with Crippen molar-refractivity contribution in [3.05, 3.63) is 342 Å². The summed E-state index contributed by atoms with van der Waals surface area (Å²) in [5.74, 6) is -0.425. The van der Waals surface area contributed by atoms with Gasteiger partial charge in [0, 0.05) is 56.2 Å². The first-order valence-corrected chi connectivity index (χ1v) is 37.1. The number of nitrogens with zero attached hydrogens (tertiary/aromatic N) is 2. The van der Waals surface area contributed by atoms with E-state index >= 15 is 13.2 Å². The van der Waals surface area contributed by atoms with Crippen LogP contribution in [0, 0.1) is 17.8 Å². The molecule has 0 N–H and O–H groups in total. The molecule has 4 unspecified atom stereocenters. The lowest BCUT2D eigenvalue weighted by Crippen LogP contribution is -2.51. The maximum Gasteiger partial charge on any atom is 0.399 e. The molecule has 4 atom stereocenters. The van der Waals surface area contributed by atoms with Crippen molar-refractivity contribution in [3.8, 4) is 72.4 Å². The van der Waals surface area contributed by atoms with Crippen LogP contribution in [0.4, 0.5) is 24.5 Å². The third kappa shape index (κ3) is 10.7. The second kappa shape index (κ2) is 25.8. The fraction of sp³-hybridized carbons (Fsp3) is 0.216. The molecule has 2 nitrogen and oxygen atoms in total. The molecule has 4 aliphatic rings. The minimum absolute atomic E-state index is 0.111.